The Kier molecular flexibility index (Phi) is 7.30. The monoisotopic (exact) mass is 545 g/mol. The van der Waals surface area contributed by atoms with E-state index >= 15 is 0 Å². The van der Waals surface area contributed by atoms with Crippen LogP contribution < -0.4 is 29.1 Å². The average molecular weight is 546 g/mol. The molecular formula is C31H31NO8. The van der Waals surface area contributed by atoms with E-state index in [-0.39, 0.29) is 22.7 Å². The largest absolute Gasteiger partial charge is 0.493 e. The van der Waals surface area contributed by atoms with Gasteiger partial charge in [-0.3, -0.25) is 9.59 Å². The van der Waals surface area contributed by atoms with Crippen LogP contribution in [0.15, 0.2) is 57.7 Å². The second-order valence-electron chi connectivity index (χ2n) is 9.47. The Hall–Kier alpha value is -4.66. The summed E-state index contributed by atoms with van der Waals surface area (Å²) in [5.74, 6) is 2.12. The number of hydrogen-bond donors (Lipinski definition) is 0. The molecule has 0 radical (unpaired) electrons. The number of aryl methyl sites for hydroxylation is 1. The Morgan fingerprint density at radius 2 is 1.45 bits per heavy atom. The molecule has 1 atom stereocenters. The number of nitrogens with zero attached hydrogens (tertiary/aromatic N) is 1. The zero-order valence-electron chi connectivity index (χ0n) is 23.3. The number of amides is 1. The minimum absolute atomic E-state index is 0.0346. The third-order valence-corrected chi connectivity index (χ3v) is 7.21. The van der Waals surface area contributed by atoms with Gasteiger partial charge in [0, 0.05) is 6.54 Å². The first kappa shape index (κ1) is 26.9. The Bertz CT molecular complexity index is 1630. The van der Waals surface area contributed by atoms with E-state index in [1.165, 1.54) is 21.3 Å². The van der Waals surface area contributed by atoms with E-state index in [4.69, 9.17) is 28.1 Å². The number of rotatable bonds is 9. The minimum Gasteiger partial charge on any atom is -0.493 e. The summed E-state index contributed by atoms with van der Waals surface area (Å²) in [6.45, 7) is 2.21. The van der Waals surface area contributed by atoms with E-state index in [2.05, 4.69) is 0 Å². The predicted octanol–water partition coefficient (Wildman–Crippen LogP) is 4.93. The molecule has 0 aliphatic carbocycles. The summed E-state index contributed by atoms with van der Waals surface area (Å²) in [5.41, 5.74) is 2.88. The fraction of sp³-hybridized carbons (Fsp3) is 0.290. The molecule has 1 aromatic heterocycles. The van der Waals surface area contributed by atoms with Crippen LogP contribution in [0.2, 0.25) is 0 Å². The van der Waals surface area contributed by atoms with E-state index in [9.17, 15) is 9.59 Å². The molecule has 0 saturated carbocycles. The normalized spacial score (nSPS) is 14.3. The molecule has 0 bridgehead atoms. The van der Waals surface area contributed by atoms with E-state index in [1.54, 1.807) is 43.4 Å². The van der Waals surface area contributed by atoms with Crippen LogP contribution in [0.1, 0.15) is 38.9 Å². The van der Waals surface area contributed by atoms with Crippen LogP contribution >= 0.6 is 0 Å². The van der Waals surface area contributed by atoms with Crippen molar-refractivity contribution >= 4 is 16.9 Å². The molecule has 2 heterocycles. The number of ether oxygens (including phenoxy) is 5. The summed E-state index contributed by atoms with van der Waals surface area (Å²) < 4.78 is 33.6. The third kappa shape index (κ3) is 4.47. The topological polar surface area (TPSA) is 96.7 Å². The molecule has 0 fully saturated rings. The van der Waals surface area contributed by atoms with Gasteiger partial charge in [-0.15, -0.1) is 0 Å². The molecular weight excluding hydrogens is 514 g/mol. The predicted molar refractivity (Wildman–Crippen MR) is 149 cm³/mol. The van der Waals surface area contributed by atoms with Gasteiger partial charge in [-0.1, -0.05) is 17.7 Å². The van der Waals surface area contributed by atoms with Crippen LogP contribution in [-0.2, 0) is 6.42 Å². The van der Waals surface area contributed by atoms with Gasteiger partial charge in [-0.2, -0.15) is 0 Å². The molecule has 3 aromatic carbocycles. The molecule has 1 aliphatic heterocycles. The Morgan fingerprint density at radius 1 is 0.775 bits per heavy atom. The van der Waals surface area contributed by atoms with Crippen LogP contribution in [0.5, 0.6) is 28.7 Å². The number of carbonyl (C=O) groups excluding carboxylic acids is 1. The zero-order valence-corrected chi connectivity index (χ0v) is 23.3. The molecule has 0 spiro atoms. The van der Waals surface area contributed by atoms with Crippen molar-refractivity contribution < 1.29 is 32.9 Å². The van der Waals surface area contributed by atoms with Gasteiger partial charge in [-0.25, -0.2) is 0 Å². The van der Waals surface area contributed by atoms with Crippen molar-refractivity contribution in [3.05, 3.63) is 86.8 Å². The summed E-state index contributed by atoms with van der Waals surface area (Å²) >= 11 is 0. The lowest BCUT2D eigenvalue weighted by Crippen LogP contribution is -2.31. The third-order valence-electron chi connectivity index (χ3n) is 7.21. The lowest BCUT2D eigenvalue weighted by Gasteiger charge is -2.26. The second-order valence-corrected chi connectivity index (χ2v) is 9.47. The lowest BCUT2D eigenvalue weighted by atomic mass is 9.97. The molecule has 1 aliphatic rings. The van der Waals surface area contributed by atoms with E-state index in [0.717, 1.165) is 11.1 Å². The fourth-order valence-corrected chi connectivity index (χ4v) is 5.26. The molecule has 0 unspecified atom stereocenters. The van der Waals surface area contributed by atoms with Gasteiger partial charge in [0.15, 0.2) is 28.4 Å². The first-order chi connectivity index (χ1) is 19.3. The molecule has 40 heavy (non-hydrogen) atoms. The van der Waals surface area contributed by atoms with Crippen molar-refractivity contribution in [2.45, 2.75) is 19.4 Å². The zero-order chi connectivity index (χ0) is 28.6. The van der Waals surface area contributed by atoms with E-state index in [0.29, 0.717) is 58.2 Å². The summed E-state index contributed by atoms with van der Waals surface area (Å²) in [5, 5.41) is 0.422. The molecule has 9 heteroatoms. The maximum absolute atomic E-state index is 14.0. The highest BCUT2D eigenvalue weighted by molar-refractivity contribution is 5.99. The van der Waals surface area contributed by atoms with Gasteiger partial charge in [0.1, 0.15) is 5.58 Å². The number of hydrogen-bond acceptors (Lipinski definition) is 8. The highest BCUT2D eigenvalue weighted by Gasteiger charge is 2.43. The Labute approximate surface area is 231 Å². The Balaban J connectivity index is 1.66. The van der Waals surface area contributed by atoms with Gasteiger partial charge in [0.2, 0.25) is 11.5 Å². The summed E-state index contributed by atoms with van der Waals surface area (Å²) in [7, 11) is 7.72. The summed E-state index contributed by atoms with van der Waals surface area (Å²) in [6.07, 6.45) is 0.494. The van der Waals surface area contributed by atoms with Gasteiger partial charge < -0.3 is 33.0 Å². The average Bonchev–Trinajstić information content (AvgIpc) is 3.26. The highest BCUT2D eigenvalue weighted by Crippen LogP contribution is 2.45. The van der Waals surface area contributed by atoms with Crippen LogP contribution in [-0.4, -0.2) is 52.9 Å². The summed E-state index contributed by atoms with van der Waals surface area (Å²) in [6, 6.07) is 13.8. The lowest BCUT2D eigenvalue weighted by molar-refractivity contribution is 0.0729. The van der Waals surface area contributed by atoms with E-state index < -0.39 is 6.04 Å². The summed E-state index contributed by atoms with van der Waals surface area (Å²) in [4.78, 5) is 29.5. The van der Waals surface area contributed by atoms with Crippen molar-refractivity contribution in [2.24, 2.45) is 0 Å². The molecule has 0 N–H and O–H groups in total. The van der Waals surface area contributed by atoms with E-state index in [1.807, 2.05) is 31.2 Å². The van der Waals surface area contributed by atoms with Crippen LogP contribution in [0.4, 0.5) is 0 Å². The second kappa shape index (κ2) is 10.8. The van der Waals surface area contributed by atoms with Crippen molar-refractivity contribution in [3.63, 3.8) is 0 Å². The van der Waals surface area contributed by atoms with Gasteiger partial charge >= 0.3 is 0 Å². The first-order valence-electron chi connectivity index (χ1n) is 12.7. The van der Waals surface area contributed by atoms with Gasteiger partial charge in [0.05, 0.1) is 52.5 Å². The van der Waals surface area contributed by atoms with Gasteiger partial charge in [-0.05, 0) is 60.9 Å². The molecule has 5 rings (SSSR count). The number of methoxy groups -OCH3 is 5. The number of carbonyl (C=O) groups is 1. The van der Waals surface area contributed by atoms with Crippen LogP contribution in [0.3, 0.4) is 0 Å². The molecule has 9 nitrogen and oxygen atoms in total. The Morgan fingerprint density at radius 3 is 2.08 bits per heavy atom. The van der Waals surface area contributed by atoms with Gasteiger partial charge in [0.25, 0.3) is 5.91 Å². The van der Waals surface area contributed by atoms with Crippen molar-refractivity contribution in [1.29, 1.82) is 0 Å². The van der Waals surface area contributed by atoms with Crippen LogP contribution in [0, 0.1) is 6.92 Å². The van der Waals surface area contributed by atoms with Crippen molar-refractivity contribution in [1.82, 2.24) is 4.90 Å². The van der Waals surface area contributed by atoms with Crippen molar-refractivity contribution in [2.75, 3.05) is 42.1 Å². The molecule has 208 valence electrons. The molecule has 1 amide bonds. The maximum atomic E-state index is 14.0. The maximum Gasteiger partial charge on any atom is 0.290 e. The first-order valence-corrected chi connectivity index (χ1v) is 12.7. The van der Waals surface area contributed by atoms with Crippen molar-refractivity contribution in [3.8, 4) is 28.7 Å². The molecule has 4 aromatic rings. The standard InChI is InChI=1S/C31H31NO8/c1-17-7-9-21-20(13-17)28(33)26-27(19-15-24(37-4)29(39-6)25(16-19)38-5)32(31(34)30(26)40-21)12-11-18-8-10-22(35-2)23(14-18)36-3/h7-10,13-16,27H,11-12H2,1-6H3/t27-/m0/s1. The minimum atomic E-state index is -0.738. The highest BCUT2D eigenvalue weighted by atomic mass is 16.5. The number of benzene rings is 3. The fourth-order valence-electron chi connectivity index (χ4n) is 5.26. The SMILES string of the molecule is COc1ccc(CCN2C(=O)c3oc4ccc(C)cc4c(=O)c3[C@@H]2c2cc(OC)c(OC)c(OC)c2)cc1OC. The smallest absolute Gasteiger partial charge is 0.290 e. The van der Waals surface area contributed by atoms with Crippen LogP contribution in [0.25, 0.3) is 11.0 Å². The quantitative estimate of drug-likeness (QED) is 0.292. The molecule has 0 saturated heterocycles. The number of fused-ring (bicyclic) bond motifs is 2.